The molecule has 7 heteroatoms. The second-order valence-corrected chi connectivity index (χ2v) is 9.67. The molecule has 2 unspecified atom stereocenters. The van der Waals surface area contributed by atoms with Crippen LogP contribution in [0.15, 0.2) is 59.6 Å². The molecule has 1 aliphatic heterocycles. The van der Waals surface area contributed by atoms with E-state index in [1.54, 1.807) is 18.2 Å². The van der Waals surface area contributed by atoms with Gasteiger partial charge in [0.05, 0.1) is 10.8 Å². The number of ether oxygens (including phenoxy) is 2. The molecule has 1 amide bonds. The number of nitrogens with one attached hydrogen (secondary N) is 1. The van der Waals surface area contributed by atoms with Crippen molar-refractivity contribution in [2.24, 2.45) is 0 Å². The average molecular weight is 472 g/mol. The molecule has 1 aromatic heterocycles. The van der Waals surface area contributed by atoms with Crippen LogP contribution in [-0.2, 0) is 17.6 Å². The van der Waals surface area contributed by atoms with E-state index < -0.39 is 0 Å². The largest absolute Gasteiger partial charge is 0.454 e. The zero-order valence-corrected chi connectivity index (χ0v) is 19.7. The molecule has 5 rings (SSSR count). The number of fused-ring (bicyclic) bond motifs is 2. The van der Waals surface area contributed by atoms with E-state index in [-0.39, 0.29) is 18.0 Å². The van der Waals surface area contributed by atoms with Crippen molar-refractivity contribution in [3.8, 4) is 17.6 Å². The van der Waals surface area contributed by atoms with E-state index in [0.29, 0.717) is 40.1 Å². The van der Waals surface area contributed by atoms with E-state index in [9.17, 15) is 10.1 Å². The number of nitrogens with zero attached hydrogens (tertiary/aromatic N) is 2. The van der Waals surface area contributed by atoms with Gasteiger partial charge < -0.3 is 14.8 Å². The Labute approximate surface area is 203 Å². The molecule has 172 valence electrons. The molecule has 0 fully saturated rings. The van der Waals surface area contributed by atoms with E-state index in [1.165, 1.54) is 17.3 Å². The van der Waals surface area contributed by atoms with Crippen LogP contribution < -0.4 is 14.8 Å². The van der Waals surface area contributed by atoms with Gasteiger partial charge in [0.25, 0.3) is 0 Å². The molecule has 34 heavy (non-hydrogen) atoms. The average Bonchev–Trinajstić information content (AvgIpc) is 3.35. The number of nitriles is 1. The first-order valence-corrected chi connectivity index (χ1v) is 12.4. The maximum absolute atomic E-state index is 13.0. The first-order valence-electron chi connectivity index (χ1n) is 11.5. The standard InChI is InChI=1S/C27H25N3O3S/c1-2-25(26(31)29-21-9-11-23-24(14-21)33-16-32-23)34-27-20(15-28)13-19-12-18(8-10-22(19)30-27)17-6-4-3-5-7-17/h3-7,9,11,13-14,18,25H,2,8,10,12,16H2,1H3,(H,29,31). The molecule has 2 aliphatic rings. The summed E-state index contributed by atoms with van der Waals surface area (Å²) in [6, 6.07) is 20.1. The van der Waals surface area contributed by atoms with Crippen molar-refractivity contribution in [1.82, 2.24) is 4.98 Å². The number of aryl methyl sites for hydroxylation is 1. The van der Waals surface area contributed by atoms with Gasteiger partial charge in [0, 0.05) is 17.4 Å². The van der Waals surface area contributed by atoms with Gasteiger partial charge in [-0.2, -0.15) is 5.26 Å². The van der Waals surface area contributed by atoms with Crippen LogP contribution in [0.1, 0.15) is 48.1 Å². The molecule has 3 aromatic rings. The zero-order valence-electron chi connectivity index (χ0n) is 18.9. The first kappa shape index (κ1) is 22.3. The third-order valence-electron chi connectivity index (χ3n) is 6.30. The molecule has 0 saturated carbocycles. The highest BCUT2D eigenvalue weighted by molar-refractivity contribution is 8.00. The van der Waals surface area contributed by atoms with Crippen molar-refractivity contribution in [1.29, 1.82) is 5.26 Å². The molecule has 0 bridgehead atoms. The fourth-order valence-corrected chi connectivity index (χ4v) is 5.48. The third-order valence-corrected chi connectivity index (χ3v) is 7.67. The molecule has 6 nitrogen and oxygen atoms in total. The van der Waals surface area contributed by atoms with Gasteiger partial charge >= 0.3 is 0 Å². The van der Waals surface area contributed by atoms with Crippen LogP contribution in [-0.4, -0.2) is 22.9 Å². The van der Waals surface area contributed by atoms with E-state index in [0.717, 1.165) is 30.5 Å². The number of hydrogen-bond acceptors (Lipinski definition) is 6. The van der Waals surface area contributed by atoms with Crippen LogP contribution in [0.3, 0.4) is 0 Å². The lowest BCUT2D eigenvalue weighted by Crippen LogP contribution is -2.25. The summed E-state index contributed by atoms with van der Waals surface area (Å²) in [5, 5.41) is 13.0. The quantitative estimate of drug-likeness (QED) is 0.480. The second-order valence-electron chi connectivity index (χ2n) is 8.48. The maximum atomic E-state index is 13.0. The minimum atomic E-state index is -0.372. The predicted molar refractivity (Wildman–Crippen MR) is 131 cm³/mol. The van der Waals surface area contributed by atoms with Gasteiger partial charge in [0.1, 0.15) is 11.1 Å². The highest BCUT2D eigenvalue weighted by Crippen LogP contribution is 2.37. The molecular weight excluding hydrogens is 446 g/mol. The highest BCUT2D eigenvalue weighted by Gasteiger charge is 2.26. The maximum Gasteiger partial charge on any atom is 0.237 e. The van der Waals surface area contributed by atoms with Crippen LogP contribution in [0.25, 0.3) is 0 Å². The number of hydrogen-bond donors (Lipinski definition) is 1. The van der Waals surface area contributed by atoms with Gasteiger partial charge in [0.15, 0.2) is 11.5 Å². The number of pyridine rings is 1. The van der Waals surface area contributed by atoms with Crippen molar-refractivity contribution in [2.45, 2.75) is 48.8 Å². The van der Waals surface area contributed by atoms with Crippen LogP contribution in [0.5, 0.6) is 11.5 Å². The molecule has 1 N–H and O–H groups in total. The van der Waals surface area contributed by atoms with E-state index in [1.807, 2.05) is 19.1 Å². The SMILES string of the molecule is CCC(Sc1nc2c(cc1C#N)CC(c1ccccc1)CC2)C(=O)Nc1ccc2c(c1)OCO2. The van der Waals surface area contributed by atoms with Crippen molar-refractivity contribution in [2.75, 3.05) is 12.1 Å². The summed E-state index contributed by atoms with van der Waals surface area (Å²) in [7, 11) is 0. The van der Waals surface area contributed by atoms with Gasteiger partial charge in [0.2, 0.25) is 12.7 Å². The Morgan fingerprint density at radius 1 is 1.21 bits per heavy atom. The van der Waals surface area contributed by atoms with E-state index in [2.05, 4.69) is 35.7 Å². The molecule has 2 heterocycles. The Kier molecular flexibility index (Phi) is 6.41. The van der Waals surface area contributed by atoms with Gasteiger partial charge in [-0.05, 0) is 60.9 Å². The lowest BCUT2D eigenvalue weighted by molar-refractivity contribution is -0.115. The fourth-order valence-electron chi connectivity index (χ4n) is 4.48. The number of anilines is 1. The summed E-state index contributed by atoms with van der Waals surface area (Å²) in [6.45, 7) is 2.15. The van der Waals surface area contributed by atoms with Crippen LogP contribution >= 0.6 is 11.8 Å². The minimum absolute atomic E-state index is 0.126. The van der Waals surface area contributed by atoms with E-state index >= 15 is 0 Å². The number of benzene rings is 2. The monoisotopic (exact) mass is 471 g/mol. The predicted octanol–water partition coefficient (Wildman–Crippen LogP) is 5.46. The van der Waals surface area contributed by atoms with Crippen LogP contribution in [0.4, 0.5) is 5.69 Å². The van der Waals surface area contributed by atoms with Crippen LogP contribution in [0.2, 0.25) is 0 Å². The normalized spacial score (nSPS) is 16.9. The summed E-state index contributed by atoms with van der Waals surface area (Å²) in [6.07, 6.45) is 3.39. The van der Waals surface area contributed by atoms with Crippen molar-refractivity contribution < 1.29 is 14.3 Å². The molecule has 0 spiro atoms. The number of carbonyl (C=O) groups excluding carboxylic acids is 1. The zero-order chi connectivity index (χ0) is 23.5. The van der Waals surface area contributed by atoms with Gasteiger partial charge in [-0.15, -0.1) is 0 Å². The third kappa shape index (κ3) is 4.59. The summed E-state index contributed by atoms with van der Waals surface area (Å²) in [5.41, 5.74) is 4.70. The summed E-state index contributed by atoms with van der Waals surface area (Å²) in [4.78, 5) is 17.9. The molecule has 2 aromatic carbocycles. The highest BCUT2D eigenvalue weighted by atomic mass is 32.2. The molecular formula is C27H25N3O3S. The van der Waals surface area contributed by atoms with Crippen molar-refractivity contribution >= 4 is 23.4 Å². The summed E-state index contributed by atoms with van der Waals surface area (Å²) < 4.78 is 10.7. The Hall–Kier alpha value is -3.50. The van der Waals surface area contributed by atoms with Crippen molar-refractivity contribution in [3.05, 3.63) is 77.0 Å². The number of amides is 1. The lowest BCUT2D eigenvalue weighted by Gasteiger charge is -2.25. The molecule has 1 aliphatic carbocycles. The second kappa shape index (κ2) is 9.78. The summed E-state index contributed by atoms with van der Waals surface area (Å²) in [5.74, 6) is 1.61. The molecule has 0 radical (unpaired) electrons. The lowest BCUT2D eigenvalue weighted by atomic mass is 9.82. The van der Waals surface area contributed by atoms with Crippen LogP contribution in [0, 0.1) is 11.3 Å². The number of thioether (sulfide) groups is 1. The van der Waals surface area contributed by atoms with Crippen molar-refractivity contribution in [3.63, 3.8) is 0 Å². The Balaban J connectivity index is 1.32. The number of carbonyl (C=O) groups is 1. The fraction of sp³-hybridized carbons (Fsp3) is 0.296. The molecule has 0 saturated heterocycles. The Morgan fingerprint density at radius 2 is 2.03 bits per heavy atom. The number of aromatic nitrogens is 1. The smallest absolute Gasteiger partial charge is 0.237 e. The minimum Gasteiger partial charge on any atom is -0.454 e. The summed E-state index contributed by atoms with van der Waals surface area (Å²) >= 11 is 1.36. The number of rotatable bonds is 6. The van der Waals surface area contributed by atoms with Gasteiger partial charge in [-0.25, -0.2) is 4.98 Å². The Morgan fingerprint density at radius 3 is 2.82 bits per heavy atom. The topological polar surface area (TPSA) is 84.2 Å². The van der Waals surface area contributed by atoms with Gasteiger partial charge in [-0.3, -0.25) is 4.79 Å². The first-order chi connectivity index (χ1) is 16.6. The molecule has 2 atom stereocenters. The van der Waals surface area contributed by atoms with Gasteiger partial charge in [-0.1, -0.05) is 49.0 Å². The van der Waals surface area contributed by atoms with E-state index in [4.69, 9.17) is 14.5 Å². The Bertz CT molecular complexity index is 1260.